The van der Waals surface area contributed by atoms with Gasteiger partial charge in [0.05, 0.1) is 25.6 Å². The number of carbonyl (C=O) groups excluding carboxylic acids is 1. The van der Waals surface area contributed by atoms with E-state index in [0.717, 1.165) is 39.9 Å². The Morgan fingerprint density at radius 1 is 1.13 bits per heavy atom. The third kappa shape index (κ3) is 9.70. The van der Waals surface area contributed by atoms with Crippen LogP contribution in [0.4, 0.5) is 5.69 Å². The molecule has 2 aromatic carbocycles. The van der Waals surface area contributed by atoms with Gasteiger partial charge in [-0.15, -0.1) is 11.8 Å². The minimum atomic E-state index is -1.82. The predicted octanol–water partition coefficient (Wildman–Crippen LogP) is 4.50. The van der Waals surface area contributed by atoms with Crippen LogP contribution >= 0.6 is 23.4 Å². The minimum Gasteiger partial charge on any atom is -0.473 e. The summed E-state index contributed by atoms with van der Waals surface area (Å²) in [7, 11) is 0. The minimum absolute atomic E-state index is 0.0148. The molecule has 1 fully saturated rings. The molecule has 0 aliphatic carbocycles. The molecule has 2 atom stereocenters. The Morgan fingerprint density at radius 3 is 2.36 bits per heavy atom. The third-order valence-electron chi connectivity index (χ3n) is 5.75. The van der Waals surface area contributed by atoms with E-state index in [1.807, 2.05) is 68.0 Å². The lowest BCUT2D eigenvalue weighted by atomic mass is 10.0. The maximum Gasteiger partial charge on any atom is 0.414 e. The Bertz CT molecular complexity index is 1260. The number of benzene rings is 2. The number of ether oxygens (including phenoxy) is 2. The zero-order valence-corrected chi connectivity index (χ0v) is 23.1. The standard InChI is InChI=1S/C25H28ClN3O3S.C2H2O4/c1-18-13-27-17-29(18)16-25(12-11-20-3-5-21(26)6-4-20)31-14-23(32-25)15-33-24-9-7-22(8-10-24)28-19(2)30;3-1(4)2(5)6/h3-10,13,17,23H,11-12,14-16H2,1-2H3,(H,28,30);(H,3,4)(H,5,6). The van der Waals surface area contributed by atoms with Crippen molar-refractivity contribution in [3.63, 3.8) is 0 Å². The van der Waals surface area contributed by atoms with E-state index in [1.54, 1.807) is 11.8 Å². The van der Waals surface area contributed by atoms with E-state index in [0.29, 0.717) is 13.2 Å². The molecule has 1 aliphatic rings. The van der Waals surface area contributed by atoms with Crippen molar-refractivity contribution >= 4 is 46.9 Å². The molecule has 1 aromatic heterocycles. The van der Waals surface area contributed by atoms with Crippen LogP contribution in [0.5, 0.6) is 0 Å². The fraction of sp³-hybridized carbons (Fsp3) is 0.333. The average Bonchev–Trinajstić information content (AvgIpc) is 3.49. The number of anilines is 1. The summed E-state index contributed by atoms with van der Waals surface area (Å²) in [4.78, 5) is 34.8. The second kappa shape index (κ2) is 14.1. The van der Waals surface area contributed by atoms with E-state index in [9.17, 15) is 4.79 Å². The fourth-order valence-corrected chi connectivity index (χ4v) is 4.81. The Kier molecular flexibility index (Phi) is 10.9. The van der Waals surface area contributed by atoms with E-state index in [1.165, 1.54) is 12.5 Å². The van der Waals surface area contributed by atoms with Crippen LogP contribution in [0.3, 0.4) is 0 Å². The molecule has 39 heavy (non-hydrogen) atoms. The van der Waals surface area contributed by atoms with Crippen LogP contribution < -0.4 is 5.32 Å². The van der Waals surface area contributed by atoms with Gasteiger partial charge in [0.2, 0.25) is 5.91 Å². The van der Waals surface area contributed by atoms with Gasteiger partial charge in [0.25, 0.3) is 0 Å². The van der Waals surface area contributed by atoms with Gasteiger partial charge in [0, 0.05) is 46.6 Å². The number of carboxylic acid groups (broad SMARTS) is 2. The smallest absolute Gasteiger partial charge is 0.414 e. The number of nitrogens with one attached hydrogen (secondary N) is 1. The Hall–Kier alpha value is -3.38. The number of rotatable bonds is 9. The largest absolute Gasteiger partial charge is 0.473 e. The molecule has 3 aromatic rings. The SMILES string of the molecule is CC(=O)Nc1ccc(SCC2COC(CCc3ccc(Cl)cc3)(Cn3cncc3C)O2)cc1.O=C(O)C(=O)O. The molecule has 0 saturated carbocycles. The van der Waals surface area contributed by atoms with Gasteiger partial charge in [-0.1, -0.05) is 23.7 Å². The molecule has 12 heteroatoms. The molecule has 2 heterocycles. The Morgan fingerprint density at radius 2 is 1.79 bits per heavy atom. The lowest BCUT2D eigenvalue weighted by Gasteiger charge is -2.29. The average molecular weight is 576 g/mol. The number of aryl methyl sites for hydroxylation is 2. The highest BCUT2D eigenvalue weighted by atomic mass is 35.5. The number of thioether (sulfide) groups is 1. The molecule has 208 valence electrons. The molecule has 0 radical (unpaired) electrons. The van der Waals surface area contributed by atoms with Gasteiger partial charge in [-0.25, -0.2) is 14.6 Å². The fourth-order valence-electron chi connectivity index (χ4n) is 3.82. The van der Waals surface area contributed by atoms with E-state index in [4.69, 9.17) is 40.9 Å². The zero-order valence-electron chi connectivity index (χ0n) is 21.5. The predicted molar refractivity (Wildman–Crippen MR) is 147 cm³/mol. The first-order valence-corrected chi connectivity index (χ1v) is 13.4. The first-order chi connectivity index (χ1) is 18.5. The molecule has 3 N–H and O–H groups in total. The van der Waals surface area contributed by atoms with E-state index < -0.39 is 17.7 Å². The van der Waals surface area contributed by atoms with Crippen molar-refractivity contribution in [1.82, 2.24) is 9.55 Å². The molecule has 0 bridgehead atoms. The number of imidazole rings is 1. The van der Waals surface area contributed by atoms with E-state index >= 15 is 0 Å². The maximum atomic E-state index is 11.2. The van der Waals surface area contributed by atoms with Crippen LogP contribution in [-0.2, 0) is 36.8 Å². The lowest BCUT2D eigenvalue weighted by molar-refractivity contribution is -0.180. The number of hydrogen-bond acceptors (Lipinski definition) is 7. The lowest BCUT2D eigenvalue weighted by Crippen LogP contribution is -2.37. The molecule has 10 nitrogen and oxygen atoms in total. The number of hydrogen-bond donors (Lipinski definition) is 3. The molecular weight excluding hydrogens is 546 g/mol. The summed E-state index contributed by atoms with van der Waals surface area (Å²) in [6.45, 7) is 4.68. The van der Waals surface area contributed by atoms with Gasteiger partial charge in [-0.2, -0.15) is 0 Å². The van der Waals surface area contributed by atoms with Crippen molar-refractivity contribution in [3.8, 4) is 0 Å². The van der Waals surface area contributed by atoms with Gasteiger partial charge in [0.15, 0.2) is 5.79 Å². The van der Waals surface area contributed by atoms with Crippen LogP contribution in [0.2, 0.25) is 5.02 Å². The quantitative estimate of drug-likeness (QED) is 0.248. The van der Waals surface area contributed by atoms with Crippen molar-refractivity contribution in [3.05, 3.63) is 77.3 Å². The van der Waals surface area contributed by atoms with Crippen molar-refractivity contribution in [2.24, 2.45) is 0 Å². The zero-order chi connectivity index (χ0) is 28.4. The van der Waals surface area contributed by atoms with Crippen LogP contribution in [0.1, 0.15) is 24.6 Å². The van der Waals surface area contributed by atoms with E-state index in [-0.39, 0.29) is 12.0 Å². The number of nitrogens with zero attached hydrogens (tertiary/aromatic N) is 2. The van der Waals surface area contributed by atoms with E-state index in [2.05, 4.69) is 14.9 Å². The van der Waals surface area contributed by atoms with Gasteiger partial charge in [-0.3, -0.25) is 4.79 Å². The van der Waals surface area contributed by atoms with Crippen molar-refractivity contribution < 1.29 is 34.1 Å². The summed E-state index contributed by atoms with van der Waals surface area (Å²) in [5.74, 6) is -3.64. The molecule has 1 amide bonds. The second-order valence-corrected chi connectivity index (χ2v) is 10.4. The number of carbonyl (C=O) groups is 3. The normalized spacial score (nSPS) is 18.2. The van der Waals surface area contributed by atoms with Crippen molar-refractivity contribution in [1.29, 1.82) is 0 Å². The molecule has 2 unspecified atom stereocenters. The number of amides is 1. The third-order valence-corrected chi connectivity index (χ3v) is 7.14. The summed E-state index contributed by atoms with van der Waals surface area (Å²) >= 11 is 7.75. The van der Waals surface area contributed by atoms with Gasteiger partial charge < -0.3 is 29.6 Å². The monoisotopic (exact) mass is 575 g/mol. The molecule has 0 spiro atoms. The van der Waals surface area contributed by atoms with Gasteiger partial charge in [-0.05, 0) is 55.3 Å². The van der Waals surface area contributed by atoms with Gasteiger partial charge in [0.1, 0.15) is 0 Å². The van der Waals surface area contributed by atoms with Crippen LogP contribution in [0, 0.1) is 6.92 Å². The summed E-state index contributed by atoms with van der Waals surface area (Å²) in [5.41, 5.74) is 3.07. The summed E-state index contributed by atoms with van der Waals surface area (Å²) in [6, 6.07) is 15.8. The number of aliphatic carboxylic acids is 2. The highest BCUT2D eigenvalue weighted by Gasteiger charge is 2.41. The highest BCUT2D eigenvalue weighted by Crippen LogP contribution is 2.34. The Balaban J connectivity index is 0.000000631. The first kappa shape index (κ1) is 30.2. The topological polar surface area (TPSA) is 140 Å². The summed E-state index contributed by atoms with van der Waals surface area (Å²) in [5, 5.41) is 18.3. The number of aromatic nitrogens is 2. The highest BCUT2D eigenvalue weighted by molar-refractivity contribution is 7.99. The van der Waals surface area contributed by atoms with Crippen LogP contribution in [-0.4, -0.2) is 61.9 Å². The Labute approximate surface area is 235 Å². The van der Waals surface area contributed by atoms with Crippen LogP contribution in [0.15, 0.2) is 66.0 Å². The molecule has 4 rings (SSSR count). The summed E-state index contributed by atoms with van der Waals surface area (Å²) < 4.78 is 14.9. The molecule has 1 saturated heterocycles. The second-order valence-electron chi connectivity index (χ2n) is 8.88. The maximum absolute atomic E-state index is 11.2. The number of carboxylic acids is 2. The van der Waals surface area contributed by atoms with Crippen molar-refractivity contribution in [2.75, 3.05) is 17.7 Å². The van der Waals surface area contributed by atoms with Crippen molar-refractivity contribution in [2.45, 2.75) is 50.0 Å². The first-order valence-electron chi connectivity index (χ1n) is 12.0. The number of halogens is 1. The molecule has 1 aliphatic heterocycles. The van der Waals surface area contributed by atoms with Crippen LogP contribution in [0.25, 0.3) is 0 Å². The van der Waals surface area contributed by atoms with Gasteiger partial charge >= 0.3 is 11.9 Å². The summed E-state index contributed by atoms with van der Waals surface area (Å²) in [6.07, 6.45) is 5.22. The molecular formula is C27H30ClN3O7S.